The van der Waals surface area contributed by atoms with E-state index in [9.17, 15) is 0 Å². The Bertz CT molecular complexity index is 4530. The Kier molecular flexibility index (Phi) is 11.5. The summed E-state index contributed by atoms with van der Waals surface area (Å²) in [5, 5.41) is 6.49. The minimum atomic E-state index is 0.881. The highest BCUT2D eigenvalue weighted by atomic mass is 15.1. The van der Waals surface area contributed by atoms with E-state index in [0.29, 0.717) is 0 Å². The second kappa shape index (κ2) is 19.6. The number of fused-ring (bicyclic) bond motifs is 9. The summed E-state index contributed by atoms with van der Waals surface area (Å²) in [7, 11) is 0. The van der Waals surface area contributed by atoms with Crippen LogP contribution in [0.2, 0.25) is 0 Å². The lowest BCUT2D eigenvalue weighted by Crippen LogP contribution is -2.09. The van der Waals surface area contributed by atoms with Gasteiger partial charge in [0.1, 0.15) is 0 Å². The quantitative estimate of drug-likeness (QED) is 0.127. The minimum absolute atomic E-state index is 0.881. The van der Waals surface area contributed by atoms with Gasteiger partial charge in [0.2, 0.25) is 0 Å². The molecule has 0 aliphatic heterocycles. The van der Waals surface area contributed by atoms with Crippen LogP contribution in [0.3, 0.4) is 0 Å². The van der Waals surface area contributed by atoms with Crippen LogP contribution in [0.4, 0.5) is 34.1 Å². The molecule has 0 bridgehead atoms. The molecule has 15 aromatic rings. The van der Waals surface area contributed by atoms with Crippen molar-refractivity contribution in [2.75, 3.05) is 9.80 Å². The van der Waals surface area contributed by atoms with Crippen LogP contribution >= 0.6 is 0 Å². The molecule has 0 radical (unpaired) electrons. The molecular weight excluding hydrogens is 987 g/mol. The first kappa shape index (κ1) is 47.5. The third kappa shape index (κ3) is 8.21. The molecule has 81 heavy (non-hydrogen) atoms. The number of nitrogens with zero attached hydrogens (tertiary/aromatic N) is 7. The topological polar surface area (TPSA) is 63.0 Å². The summed E-state index contributed by atoms with van der Waals surface area (Å²) >= 11 is 0. The van der Waals surface area contributed by atoms with Crippen LogP contribution in [-0.2, 0) is 0 Å². The number of anilines is 6. The molecular formula is C74H51N7. The van der Waals surface area contributed by atoms with Crippen LogP contribution in [0.25, 0.3) is 104 Å². The zero-order valence-corrected chi connectivity index (χ0v) is 44.6. The average Bonchev–Trinajstić information content (AvgIpc) is 4.02. The molecule has 15 rings (SSSR count). The molecule has 0 N–H and O–H groups in total. The first-order chi connectivity index (χ1) is 40.0. The molecule has 0 amide bonds. The molecule has 10 aromatic carbocycles. The summed E-state index contributed by atoms with van der Waals surface area (Å²) in [4.78, 5) is 24.2. The van der Waals surface area contributed by atoms with Crippen molar-refractivity contribution in [3.63, 3.8) is 0 Å². The highest BCUT2D eigenvalue weighted by molar-refractivity contribution is 6.14. The van der Waals surface area contributed by atoms with Crippen LogP contribution in [0.15, 0.2) is 274 Å². The monoisotopic (exact) mass is 1040 g/mol. The molecule has 7 nitrogen and oxygen atoms in total. The van der Waals surface area contributed by atoms with Crippen LogP contribution in [0, 0.1) is 13.8 Å². The maximum Gasteiger partial charge on any atom is 0.0970 e. The lowest BCUT2D eigenvalue weighted by Gasteiger charge is -2.26. The molecule has 5 heterocycles. The number of pyridine rings is 4. The van der Waals surface area contributed by atoms with Crippen molar-refractivity contribution in [2.45, 2.75) is 13.8 Å². The van der Waals surface area contributed by atoms with E-state index < -0.39 is 0 Å². The summed E-state index contributed by atoms with van der Waals surface area (Å²) < 4.78 is 2.46. The first-order valence-electron chi connectivity index (χ1n) is 27.4. The highest BCUT2D eigenvalue weighted by Crippen LogP contribution is 2.46. The first-order valence-corrected chi connectivity index (χ1v) is 27.4. The Morgan fingerprint density at radius 2 is 0.667 bits per heavy atom. The van der Waals surface area contributed by atoms with Gasteiger partial charge in [-0.25, -0.2) is 0 Å². The number of aryl methyl sites for hydroxylation is 2. The fraction of sp³-hybridized carbons (Fsp3) is 0.0270. The van der Waals surface area contributed by atoms with E-state index in [4.69, 9.17) is 19.9 Å². The van der Waals surface area contributed by atoms with Gasteiger partial charge < -0.3 is 14.4 Å². The number of hydrogen-bond acceptors (Lipinski definition) is 6. The van der Waals surface area contributed by atoms with Crippen molar-refractivity contribution in [2.24, 2.45) is 0 Å². The number of hydrogen-bond donors (Lipinski definition) is 0. The van der Waals surface area contributed by atoms with Crippen molar-refractivity contribution in [3.05, 3.63) is 285 Å². The smallest absolute Gasteiger partial charge is 0.0970 e. The van der Waals surface area contributed by atoms with Crippen molar-refractivity contribution in [1.82, 2.24) is 24.5 Å². The zero-order chi connectivity index (χ0) is 54.0. The van der Waals surface area contributed by atoms with Gasteiger partial charge in [-0.1, -0.05) is 97.1 Å². The van der Waals surface area contributed by atoms with Gasteiger partial charge in [-0.05, 0) is 210 Å². The Morgan fingerprint density at radius 1 is 0.296 bits per heavy atom. The highest BCUT2D eigenvalue weighted by Gasteiger charge is 2.23. The zero-order valence-electron chi connectivity index (χ0n) is 44.6. The Hall–Kier alpha value is -10.8. The Balaban J connectivity index is 0.953. The van der Waals surface area contributed by atoms with E-state index in [1.165, 1.54) is 16.7 Å². The molecule has 382 valence electrons. The molecule has 0 saturated heterocycles. The number of para-hydroxylation sites is 4. The van der Waals surface area contributed by atoms with E-state index in [2.05, 4.69) is 253 Å². The van der Waals surface area contributed by atoms with Gasteiger partial charge in [0.15, 0.2) is 0 Å². The predicted octanol–water partition coefficient (Wildman–Crippen LogP) is 19.5. The standard InChI is InChI=1S/C74H51N7/c1-48-39-61(40-49(2)70(48)54-42-52(64-44-50-19-15-35-75-71(50)73-62(64)29-17-37-77-73)41-53(43-54)65-45-51-20-16-36-76-72(51)74-63(65)30-18-38-78-74)81-68-33-31-59(79(55-21-7-3-8-22-55)56-23-9-4-10-24-56)46-66(68)67-47-60(32-34-69(67)81)80(57-25-11-5-12-26-57)58-27-13-6-14-28-58/h3-47H,1-2H3. The van der Waals surface area contributed by atoms with E-state index in [-0.39, 0.29) is 0 Å². The van der Waals surface area contributed by atoms with Crippen molar-refractivity contribution < 1.29 is 0 Å². The van der Waals surface area contributed by atoms with Gasteiger partial charge in [0, 0.05) is 96.9 Å². The molecule has 0 aliphatic carbocycles. The van der Waals surface area contributed by atoms with Crippen molar-refractivity contribution in [3.8, 4) is 39.1 Å². The second-order valence-corrected chi connectivity index (χ2v) is 20.8. The Labute approximate surface area is 469 Å². The molecule has 7 heteroatoms. The van der Waals surface area contributed by atoms with Gasteiger partial charge in [-0.2, -0.15) is 0 Å². The largest absolute Gasteiger partial charge is 0.310 e. The number of benzene rings is 10. The fourth-order valence-electron chi connectivity index (χ4n) is 12.4. The number of aromatic nitrogens is 5. The molecule has 0 unspecified atom stereocenters. The summed E-state index contributed by atoms with van der Waals surface area (Å²) in [5.41, 5.74) is 22.4. The van der Waals surface area contributed by atoms with Crippen LogP contribution in [-0.4, -0.2) is 24.5 Å². The van der Waals surface area contributed by atoms with E-state index >= 15 is 0 Å². The summed E-state index contributed by atoms with van der Waals surface area (Å²) in [5.74, 6) is 0. The lowest BCUT2D eigenvalue weighted by atomic mass is 9.87. The maximum atomic E-state index is 4.93. The molecule has 0 fully saturated rings. The predicted molar refractivity (Wildman–Crippen MR) is 337 cm³/mol. The van der Waals surface area contributed by atoms with E-state index in [0.717, 1.165) is 133 Å². The van der Waals surface area contributed by atoms with Crippen LogP contribution in [0.5, 0.6) is 0 Å². The van der Waals surface area contributed by atoms with Gasteiger partial charge in [-0.3, -0.25) is 19.9 Å². The van der Waals surface area contributed by atoms with Gasteiger partial charge >= 0.3 is 0 Å². The van der Waals surface area contributed by atoms with E-state index in [1.807, 2.05) is 49.1 Å². The van der Waals surface area contributed by atoms with Crippen LogP contribution in [0.1, 0.15) is 11.1 Å². The minimum Gasteiger partial charge on any atom is -0.310 e. The molecule has 0 spiro atoms. The van der Waals surface area contributed by atoms with Gasteiger partial charge in [0.05, 0.1) is 33.1 Å². The van der Waals surface area contributed by atoms with Crippen molar-refractivity contribution >= 4 is 99.5 Å². The van der Waals surface area contributed by atoms with Crippen LogP contribution < -0.4 is 9.80 Å². The second-order valence-electron chi connectivity index (χ2n) is 20.8. The Morgan fingerprint density at radius 3 is 1.07 bits per heavy atom. The lowest BCUT2D eigenvalue weighted by molar-refractivity contribution is 1.16. The molecule has 0 atom stereocenters. The third-order valence-corrected chi connectivity index (χ3v) is 15.8. The maximum absolute atomic E-state index is 4.93. The molecule has 0 saturated carbocycles. The molecule has 0 aliphatic rings. The van der Waals surface area contributed by atoms with E-state index in [1.54, 1.807) is 0 Å². The van der Waals surface area contributed by atoms with Gasteiger partial charge in [-0.15, -0.1) is 0 Å². The summed E-state index contributed by atoms with van der Waals surface area (Å²) in [6.45, 7) is 4.53. The SMILES string of the molecule is Cc1cc(-n2c3ccc(N(c4ccccc4)c4ccccc4)cc3c3cc(N(c4ccccc4)c4ccccc4)ccc32)cc(C)c1-c1cc(-c2cc3cccnc3c3ncccc23)cc(-c2cc3cccnc3c3ncccc23)c1. The third-order valence-electron chi connectivity index (χ3n) is 15.8. The normalized spacial score (nSPS) is 11.6. The summed E-state index contributed by atoms with van der Waals surface area (Å²) in [6.07, 6.45) is 7.43. The number of rotatable bonds is 10. The summed E-state index contributed by atoms with van der Waals surface area (Å²) in [6, 6.07) is 89.5. The van der Waals surface area contributed by atoms with Crippen molar-refractivity contribution in [1.29, 1.82) is 0 Å². The fourth-order valence-corrected chi connectivity index (χ4v) is 12.4. The van der Waals surface area contributed by atoms with Gasteiger partial charge in [0.25, 0.3) is 0 Å². The average molecular weight is 1040 g/mol. The molecule has 5 aromatic heterocycles.